The molecule has 0 atom stereocenters. The van der Waals surface area contributed by atoms with Crippen LogP contribution >= 0.6 is 15.9 Å². The van der Waals surface area contributed by atoms with E-state index in [1.54, 1.807) is 22.8 Å². The summed E-state index contributed by atoms with van der Waals surface area (Å²) >= 11 is 3.40. The Bertz CT molecular complexity index is 1370. The summed E-state index contributed by atoms with van der Waals surface area (Å²) in [7, 11) is -4.02. The molecule has 0 saturated heterocycles. The van der Waals surface area contributed by atoms with Crippen molar-refractivity contribution in [2.45, 2.75) is 31.3 Å². The molecule has 0 aliphatic heterocycles. The van der Waals surface area contributed by atoms with Gasteiger partial charge >= 0.3 is 0 Å². The molecule has 5 rings (SSSR count). The molecule has 1 aliphatic carbocycles. The molecule has 1 N–H and O–H groups in total. The molecule has 0 unspecified atom stereocenters. The quantitative estimate of drug-likeness (QED) is 0.506. The highest BCUT2D eigenvalue weighted by atomic mass is 79.9. The summed E-state index contributed by atoms with van der Waals surface area (Å²) in [6, 6.07) is 7.30. The third kappa shape index (κ3) is 2.67. The van der Waals surface area contributed by atoms with Crippen molar-refractivity contribution >= 4 is 48.3 Å². The Balaban J connectivity index is 1.63. The van der Waals surface area contributed by atoms with Gasteiger partial charge in [-0.15, -0.1) is 5.10 Å². The molecule has 0 saturated carbocycles. The molecular weight excluding hydrogens is 444 g/mol. The number of aromatic nitrogens is 5. The van der Waals surface area contributed by atoms with Gasteiger partial charge in [0.05, 0.1) is 16.9 Å². The van der Waals surface area contributed by atoms with Crippen LogP contribution in [0.4, 0.5) is 5.69 Å². The maximum absolute atomic E-state index is 13.0. The maximum atomic E-state index is 13.0. The molecule has 3 aromatic heterocycles. The van der Waals surface area contributed by atoms with E-state index >= 15 is 0 Å². The smallest absolute Gasteiger partial charge is 0.274 e. The van der Waals surface area contributed by atoms with E-state index in [2.05, 4.69) is 40.7 Å². The van der Waals surface area contributed by atoms with E-state index in [1.165, 1.54) is 0 Å². The Morgan fingerprint density at radius 2 is 2.04 bits per heavy atom. The highest BCUT2D eigenvalue weighted by Gasteiger charge is 2.26. The first-order valence-corrected chi connectivity index (χ1v) is 11.0. The molecule has 142 valence electrons. The molecular formula is C18H15BrN6O2S. The summed E-state index contributed by atoms with van der Waals surface area (Å²) < 4.78 is 30.8. The van der Waals surface area contributed by atoms with Crippen LogP contribution in [-0.4, -0.2) is 33.0 Å². The summed E-state index contributed by atoms with van der Waals surface area (Å²) in [5.74, 6) is 0.300. The number of hydrogen-bond acceptors (Lipinski definition) is 6. The summed E-state index contributed by atoms with van der Waals surface area (Å²) in [4.78, 5) is 12.9. The zero-order chi connectivity index (χ0) is 19.5. The predicted octanol–water partition coefficient (Wildman–Crippen LogP) is 3.03. The number of hydrogen-bond donors (Lipinski definition) is 1. The van der Waals surface area contributed by atoms with Crippen LogP contribution < -0.4 is 4.72 Å². The van der Waals surface area contributed by atoms with E-state index in [9.17, 15) is 8.42 Å². The Morgan fingerprint density at radius 1 is 1.18 bits per heavy atom. The van der Waals surface area contributed by atoms with Gasteiger partial charge < -0.3 is 0 Å². The summed E-state index contributed by atoms with van der Waals surface area (Å²) in [5.41, 5.74) is 3.90. The zero-order valence-corrected chi connectivity index (χ0v) is 17.2. The fourth-order valence-electron chi connectivity index (χ4n) is 3.62. The van der Waals surface area contributed by atoms with Crippen LogP contribution in [0.25, 0.3) is 16.7 Å². The zero-order valence-electron chi connectivity index (χ0n) is 14.8. The second-order valence-corrected chi connectivity index (χ2v) is 9.12. The minimum atomic E-state index is -4.02. The standard InChI is InChI=1S/C18H15BrN6O2S/c1-10-12-5-2-6-14(12)25-17(21-10)22-18(23-25)28(26,27)24-16-13(19)8-7-11-4-3-9-20-15(11)16/h3-4,7-9,24H,2,5-6H2,1H3. The van der Waals surface area contributed by atoms with Gasteiger partial charge in [0, 0.05) is 21.7 Å². The molecule has 0 amide bonds. The largest absolute Gasteiger partial charge is 0.299 e. The first kappa shape index (κ1) is 17.5. The van der Waals surface area contributed by atoms with E-state index in [4.69, 9.17) is 0 Å². The monoisotopic (exact) mass is 458 g/mol. The Morgan fingerprint density at radius 3 is 2.89 bits per heavy atom. The number of anilines is 1. The van der Waals surface area contributed by atoms with Crippen molar-refractivity contribution in [2.24, 2.45) is 0 Å². The lowest BCUT2D eigenvalue weighted by Crippen LogP contribution is -2.16. The normalized spacial score (nSPS) is 13.9. The van der Waals surface area contributed by atoms with Gasteiger partial charge in [0.2, 0.25) is 0 Å². The summed E-state index contributed by atoms with van der Waals surface area (Å²) in [5, 5.41) is 4.77. The Kier molecular flexibility index (Phi) is 3.88. The Hall–Kier alpha value is -2.59. The van der Waals surface area contributed by atoms with Gasteiger partial charge in [-0.2, -0.15) is 17.9 Å². The molecule has 1 aromatic carbocycles. The predicted molar refractivity (Wildman–Crippen MR) is 108 cm³/mol. The minimum Gasteiger partial charge on any atom is -0.274 e. The Labute approximate surface area is 169 Å². The highest BCUT2D eigenvalue weighted by Crippen LogP contribution is 2.32. The van der Waals surface area contributed by atoms with Gasteiger partial charge in [-0.05, 0) is 59.8 Å². The first-order chi connectivity index (χ1) is 13.4. The molecule has 0 radical (unpaired) electrons. The highest BCUT2D eigenvalue weighted by molar-refractivity contribution is 9.10. The van der Waals surface area contributed by atoms with Crippen LogP contribution in [0.15, 0.2) is 40.1 Å². The van der Waals surface area contributed by atoms with Crippen LogP contribution in [0, 0.1) is 6.92 Å². The molecule has 8 nitrogen and oxygen atoms in total. The van der Waals surface area contributed by atoms with Gasteiger partial charge in [0.1, 0.15) is 0 Å². The van der Waals surface area contributed by atoms with Gasteiger partial charge in [0.25, 0.3) is 21.0 Å². The van der Waals surface area contributed by atoms with Crippen LogP contribution in [0.1, 0.15) is 23.4 Å². The second kappa shape index (κ2) is 6.21. The number of pyridine rings is 1. The lowest BCUT2D eigenvalue weighted by molar-refractivity contribution is 0.592. The van der Waals surface area contributed by atoms with Crippen molar-refractivity contribution in [1.82, 2.24) is 24.6 Å². The van der Waals surface area contributed by atoms with Crippen molar-refractivity contribution in [3.8, 4) is 0 Å². The molecule has 0 fully saturated rings. The first-order valence-electron chi connectivity index (χ1n) is 8.75. The third-order valence-corrected chi connectivity index (χ3v) is 6.71. The lowest BCUT2D eigenvalue weighted by Gasteiger charge is -2.10. The molecule has 0 bridgehead atoms. The van der Waals surface area contributed by atoms with Crippen LogP contribution in [0.2, 0.25) is 0 Å². The van der Waals surface area contributed by atoms with Crippen molar-refractivity contribution in [3.63, 3.8) is 0 Å². The van der Waals surface area contributed by atoms with E-state index in [0.717, 1.165) is 41.6 Å². The summed E-state index contributed by atoms with van der Waals surface area (Å²) in [6.07, 6.45) is 4.39. The molecule has 0 spiro atoms. The fourth-order valence-corrected chi connectivity index (χ4v) is 5.13. The number of sulfonamides is 1. The molecule has 28 heavy (non-hydrogen) atoms. The van der Waals surface area contributed by atoms with E-state index in [1.807, 2.05) is 19.1 Å². The number of fused-ring (bicyclic) bond motifs is 4. The summed E-state index contributed by atoms with van der Waals surface area (Å²) in [6.45, 7) is 1.92. The van der Waals surface area contributed by atoms with E-state index in [-0.39, 0.29) is 5.16 Å². The lowest BCUT2D eigenvalue weighted by atomic mass is 10.2. The van der Waals surface area contributed by atoms with Crippen LogP contribution in [-0.2, 0) is 22.9 Å². The maximum Gasteiger partial charge on any atom is 0.299 e. The number of halogens is 1. The molecule has 1 aliphatic rings. The third-order valence-electron chi connectivity index (χ3n) is 4.92. The second-order valence-electron chi connectivity index (χ2n) is 6.69. The number of aryl methyl sites for hydroxylation is 2. The van der Waals surface area contributed by atoms with Crippen molar-refractivity contribution in [3.05, 3.63) is 51.9 Å². The van der Waals surface area contributed by atoms with Crippen molar-refractivity contribution in [1.29, 1.82) is 0 Å². The number of nitrogens with one attached hydrogen (secondary N) is 1. The SMILES string of the molecule is Cc1nc2nc(S(=O)(=O)Nc3c(Br)ccc4cccnc34)nn2c2c1CCC2. The topological polar surface area (TPSA) is 102 Å². The van der Waals surface area contributed by atoms with Crippen LogP contribution in [0.3, 0.4) is 0 Å². The van der Waals surface area contributed by atoms with E-state index in [0.29, 0.717) is 21.5 Å². The van der Waals surface area contributed by atoms with Crippen molar-refractivity contribution < 1.29 is 8.42 Å². The minimum absolute atomic E-state index is 0.300. The van der Waals surface area contributed by atoms with Crippen LogP contribution in [0.5, 0.6) is 0 Å². The molecule has 10 heteroatoms. The van der Waals surface area contributed by atoms with Crippen molar-refractivity contribution in [2.75, 3.05) is 4.72 Å². The molecule has 4 aromatic rings. The average molecular weight is 459 g/mol. The van der Waals surface area contributed by atoms with E-state index < -0.39 is 10.0 Å². The van der Waals surface area contributed by atoms with Gasteiger partial charge in [-0.1, -0.05) is 12.1 Å². The molecule has 3 heterocycles. The number of nitrogens with zero attached hydrogens (tertiary/aromatic N) is 5. The van der Waals surface area contributed by atoms with Gasteiger partial charge in [-0.25, -0.2) is 4.98 Å². The van der Waals surface area contributed by atoms with Gasteiger partial charge in [0.15, 0.2) is 0 Å². The number of rotatable bonds is 3. The average Bonchev–Trinajstić information content (AvgIpc) is 3.31. The fraction of sp³-hybridized carbons (Fsp3) is 0.222. The van der Waals surface area contributed by atoms with Gasteiger partial charge in [-0.3, -0.25) is 9.71 Å². The number of benzene rings is 1.